The first-order valence-corrected chi connectivity index (χ1v) is 11.0. The van der Waals surface area contributed by atoms with Crippen LogP contribution in [0.25, 0.3) is 11.4 Å². The largest absolute Gasteiger partial charge is 0.325 e. The van der Waals surface area contributed by atoms with Crippen LogP contribution in [0.1, 0.15) is 23.3 Å². The minimum atomic E-state index is -0.0975. The summed E-state index contributed by atoms with van der Waals surface area (Å²) in [6.07, 6.45) is 4.79. The summed E-state index contributed by atoms with van der Waals surface area (Å²) < 4.78 is 1.98. The molecule has 0 spiro atoms. The molecule has 8 heteroatoms. The lowest BCUT2D eigenvalue weighted by atomic mass is 9.96. The van der Waals surface area contributed by atoms with E-state index in [1.165, 1.54) is 47.0 Å². The van der Waals surface area contributed by atoms with Crippen molar-refractivity contribution in [3.63, 3.8) is 0 Å². The number of halogens is 1. The van der Waals surface area contributed by atoms with Crippen molar-refractivity contribution < 1.29 is 4.79 Å². The first-order chi connectivity index (χ1) is 13.1. The molecule has 0 bridgehead atoms. The Labute approximate surface area is 171 Å². The summed E-state index contributed by atoms with van der Waals surface area (Å²) in [5, 5.41) is 15.1. The highest BCUT2D eigenvalue weighted by Gasteiger charge is 2.21. The van der Waals surface area contributed by atoms with Crippen molar-refractivity contribution in [3.8, 4) is 11.4 Å². The average Bonchev–Trinajstić information content (AvgIpc) is 3.23. The van der Waals surface area contributed by atoms with Crippen LogP contribution in [0.2, 0.25) is 5.02 Å². The first kappa shape index (κ1) is 18.5. The molecule has 1 amide bonds. The molecule has 3 aromatic rings. The van der Waals surface area contributed by atoms with E-state index < -0.39 is 0 Å². The van der Waals surface area contributed by atoms with E-state index in [0.717, 1.165) is 17.4 Å². The third-order valence-electron chi connectivity index (χ3n) is 4.58. The molecule has 1 aliphatic rings. The van der Waals surface area contributed by atoms with Gasteiger partial charge in [0.05, 0.1) is 5.75 Å². The van der Waals surface area contributed by atoms with Crippen LogP contribution in [0.15, 0.2) is 34.8 Å². The van der Waals surface area contributed by atoms with Gasteiger partial charge in [-0.05, 0) is 49.4 Å². The fourth-order valence-electron chi connectivity index (χ4n) is 3.25. The topological polar surface area (TPSA) is 59.8 Å². The zero-order valence-corrected chi connectivity index (χ0v) is 17.3. The number of carbonyl (C=O) groups is 1. The van der Waals surface area contributed by atoms with Crippen molar-refractivity contribution in [2.24, 2.45) is 7.05 Å². The van der Waals surface area contributed by atoms with Crippen LogP contribution in [-0.4, -0.2) is 26.4 Å². The van der Waals surface area contributed by atoms with Gasteiger partial charge in [-0.15, -0.1) is 21.5 Å². The molecule has 0 saturated carbocycles. The maximum atomic E-state index is 12.2. The molecular weight excluding hydrogens is 400 g/mol. The maximum Gasteiger partial charge on any atom is 0.234 e. The molecule has 2 aromatic heterocycles. The standard InChI is InChI=1S/C19H19ClN4OS2/c1-24-18(15-10-26-16-8-3-2-7-14(15)16)22-23-19(24)27-11-17(25)21-13-6-4-5-12(20)9-13/h4-6,9-10H,2-3,7-8,11H2,1H3,(H,21,25). The molecule has 0 fully saturated rings. The average molecular weight is 419 g/mol. The highest BCUT2D eigenvalue weighted by molar-refractivity contribution is 7.99. The second-order valence-electron chi connectivity index (χ2n) is 6.47. The summed E-state index contributed by atoms with van der Waals surface area (Å²) in [7, 11) is 1.96. The van der Waals surface area contributed by atoms with Crippen molar-refractivity contribution in [1.82, 2.24) is 14.8 Å². The number of aryl methyl sites for hydroxylation is 1. The smallest absolute Gasteiger partial charge is 0.234 e. The minimum absolute atomic E-state index is 0.0975. The van der Waals surface area contributed by atoms with Gasteiger partial charge in [0.25, 0.3) is 0 Å². The molecule has 2 heterocycles. The number of thiophene rings is 1. The predicted molar refractivity (Wildman–Crippen MR) is 112 cm³/mol. The third kappa shape index (κ3) is 4.05. The van der Waals surface area contributed by atoms with E-state index in [4.69, 9.17) is 11.6 Å². The Morgan fingerprint density at radius 1 is 1.33 bits per heavy atom. The lowest BCUT2D eigenvalue weighted by molar-refractivity contribution is -0.113. The number of hydrogen-bond acceptors (Lipinski definition) is 5. The summed E-state index contributed by atoms with van der Waals surface area (Å²) in [6.45, 7) is 0. The number of hydrogen-bond donors (Lipinski definition) is 1. The summed E-state index contributed by atoms with van der Waals surface area (Å²) >= 11 is 9.15. The van der Waals surface area contributed by atoms with Crippen molar-refractivity contribution in [1.29, 1.82) is 0 Å². The summed E-state index contributed by atoms with van der Waals surface area (Å²) in [5.41, 5.74) is 3.31. The van der Waals surface area contributed by atoms with E-state index in [-0.39, 0.29) is 11.7 Å². The van der Waals surface area contributed by atoms with E-state index in [0.29, 0.717) is 10.7 Å². The third-order valence-corrected chi connectivity index (χ3v) is 6.92. The van der Waals surface area contributed by atoms with Crippen LogP contribution in [-0.2, 0) is 24.7 Å². The zero-order chi connectivity index (χ0) is 18.8. The van der Waals surface area contributed by atoms with Crippen LogP contribution in [0.5, 0.6) is 0 Å². The van der Waals surface area contributed by atoms with E-state index in [1.807, 2.05) is 35.1 Å². The van der Waals surface area contributed by atoms with Crippen molar-refractivity contribution in [3.05, 3.63) is 45.1 Å². The number of carbonyl (C=O) groups excluding carboxylic acids is 1. The minimum Gasteiger partial charge on any atom is -0.325 e. The molecule has 0 radical (unpaired) electrons. The Hall–Kier alpha value is -1.83. The molecule has 0 unspecified atom stereocenters. The first-order valence-electron chi connectivity index (χ1n) is 8.79. The molecule has 1 aromatic carbocycles. The molecule has 27 heavy (non-hydrogen) atoms. The molecule has 1 N–H and O–H groups in total. The fourth-order valence-corrected chi connectivity index (χ4v) is 5.28. The van der Waals surface area contributed by atoms with Crippen LogP contribution in [0.4, 0.5) is 5.69 Å². The van der Waals surface area contributed by atoms with Gasteiger partial charge in [0.1, 0.15) is 0 Å². The van der Waals surface area contributed by atoms with Gasteiger partial charge in [-0.2, -0.15) is 0 Å². The normalized spacial score (nSPS) is 13.4. The maximum absolute atomic E-state index is 12.2. The van der Waals surface area contributed by atoms with Crippen LogP contribution < -0.4 is 5.32 Å². The molecular formula is C19H19ClN4OS2. The van der Waals surface area contributed by atoms with E-state index in [9.17, 15) is 4.79 Å². The monoisotopic (exact) mass is 418 g/mol. The molecule has 0 atom stereocenters. The summed E-state index contributed by atoms with van der Waals surface area (Å²) in [4.78, 5) is 13.7. The highest BCUT2D eigenvalue weighted by Crippen LogP contribution is 2.36. The van der Waals surface area contributed by atoms with Gasteiger partial charge in [-0.1, -0.05) is 29.4 Å². The fraction of sp³-hybridized carbons (Fsp3) is 0.316. The summed E-state index contributed by atoms with van der Waals surface area (Å²) in [6, 6.07) is 7.12. The van der Waals surface area contributed by atoms with E-state index >= 15 is 0 Å². The number of anilines is 1. The van der Waals surface area contributed by atoms with E-state index in [1.54, 1.807) is 12.1 Å². The Morgan fingerprint density at radius 3 is 3.04 bits per heavy atom. The lowest BCUT2D eigenvalue weighted by Crippen LogP contribution is -2.14. The number of amides is 1. The number of nitrogens with zero attached hydrogens (tertiary/aromatic N) is 3. The van der Waals surface area contributed by atoms with Gasteiger partial charge >= 0.3 is 0 Å². The SMILES string of the molecule is Cn1c(SCC(=O)Nc2cccc(Cl)c2)nnc1-c1csc2c1CCCC2. The van der Waals surface area contributed by atoms with Gasteiger partial charge in [-0.3, -0.25) is 4.79 Å². The molecule has 4 rings (SSSR count). The number of aromatic nitrogens is 3. The van der Waals surface area contributed by atoms with Gasteiger partial charge in [0, 0.05) is 33.6 Å². The molecule has 0 saturated heterocycles. The van der Waals surface area contributed by atoms with Gasteiger partial charge in [0.15, 0.2) is 11.0 Å². The number of fused-ring (bicyclic) bond motifs is 1. The Balaban J connectivity index is 1.44. The van der Waals surface area contributed by atoms with E-state index in [2.05, 4.69) is 20.9 Å². The van der Waals surface area contributed by atoms with Crippen molar-refractivity contribution in [2.45, 2.75) is 30.8 Å². The van der Waals surface area contributed by atoms with Gasteiger partial charge in [0.2, 0.25) is 5.91 Å². The van der Waals surface area contributed by atoms with Gasteiger partial charge in [-0.25, -0.2) is 0 Å². The second kappa shape index (κ2) is 8.04. The number of nitrogens with one attached hydrogen (secondary N) is 1. The quantitative estimate of drug-likeness (QED) is 0.604. The van der Waals surface area contributed by atoms with Crippen LogP contribution >= 0.6 is 34.7 Å². The Bertz CT molecular complexity index is 982. The molecule has 140 valence electrons. The molecule has 5 nitrogen and oxygen atoms in total. The molecule has 0 aliphatic heterocycles. The van der Waals surface area contributed by atoms with Crippen molar-refractivity contribution >= 4 is 46.3 Å². The summed E-state index contributed by atoms with van der Waals surface area (Å²) in [5.74, 6) is 1.05. The molecule has 1 aliphatic carbocycles. The van der Waals surface area contributed by atoms with Crippen LogP contribution in [0, 0.1) is 0 Å². The zero-order valence-electron chi connectivity index (χ0n) is 14.9. The number of rotatable bonds is 5. The Kier molecular flexibility index (Phi) is 5.52. The highest BCUT2D eigenvalue weighted by atomic mass is 35.5. The van der Waals surface area contributed by atoms with Crippen LogP contribution in [0.3, 0.4) is 0 Å². The predicted octanol–water partition coefficient (Wildman–Crippen LogP) is 4.81. The number of benzene rings is 1. The van der Waals surface area contributed by atoms with Crippen molar-refractivity contribution in [2.75, 3.05) is 11.1 Å². The Morgan fingerprint density at radius 2 is 2.19 bits per heavy atom. The second-order valence-corrected chi connectivity index (χ2v) is 8.81. The lowest BCUT2D eigenvalue weighted by Gasteiger charge is -2.12. The van der Waals surface area contributed by atoms with Gasteiger partial charge < -0.3 is 9.88 Å². The number of thioether (sulfide) groups is 1.